The van der Waals surface area contributed by atoms with Gasteiger partial charge in [-0.05, 0) is 43.7 Å². The molecular formula is C21H23ClN6O. The number of hydrogen-bond acceptors (Lipinski definition) is 5. The van der Waals surface area contributed by atoms with E-state index in [0.29, 0.717) is 30.4 Å². The fraction of sp³-hybridized carbons (Fsp3) is 0.333. The summed E-state index contributed by atoms with van der Waals surface area (Å²) in [5.41, 5.74) is 2.84. The van der Waals surface area contributed by atoms with Crippen molar-refractivity contribution in [3.05, 3.63) is 64.4 Å². The molecule has 0 bridgehead atoms. The average molecular weight is 411 g/mol. The van der Waals surface area contributed by atoms with Gasteiger partial charge in [-0.25, -0.2) is 4.68 Å². The van der Waals surface area contributed by atoms with Gasteiger partial charge in [-0.2, -0.15) is 5.10 Å². The third-order valence-electron chi connectivity index (χ3n) is 5.12. The van der Waals surface area contributed by atoms with Gasteiger partial charge in [0.25, 0.3) is 0 Å². The second-order valence-corrected chi connectivity index (χ2v) is 7.63. The van der Waals surface area contributed by atoms with Crippen LogP contribution in [0.5, 0.6) is 0 Å². The van der Waals surface area contributed by atoms with Gasteiger partial charge < -0.3 is 9.80 Å². The third-order valence-corrected chi connectivity index (χ3v) is 5.49. The van der Waals surface area contributed by atoms with Crippen LogP contribution in [0.3, 0.4) is 0 Å². The van der Waals surface area contributed by atoms with Gasteiger partial charge in [0.05, 0.1) is 12.1 Å². The molecular weight excluding hydrogens is 388 g/mol. The van der Waals surface area contributed by atoms with E-state index in [1.807, 2.05) is 61.2 Å². The summed E-state index contributed by atoms with van der Waals surface area (Å²) in [5, 5.41) is 13.8. The van der Waals surface area contributed by atoms with E-state index < -0.39 is 0 Å². The first-order valence-corrected chi connectivity index (χ1v) is 10.0. The fourth-order valence-electron chi connectivity index (χ4n) is 3.56. The summed E-state index contributed by atoms with van der Waals surface area (Å²) < 4.78 is 1.79. The molecule has 0 atom stereocenters. The molecule has 8 heteroatoms. The Kier molecular flexibility index (Phi) is 5.49. The number of piperazine rings is 1. The van der Waals surface area contributed by atoms with E-state index in [1.54, 1.807) is 4.68 Å². The lowest BCUT2D eigenvalue weighted by Crippen LogP contribution is -2.49. The molecule has 1 saturated heterocycles. The summed E-state index contributed by atoms with van der Waals surface area (Å²) >= 11 is 6.18. The van der Waals surface area contributed by atoms with Crippen molar-refractivity contribution in [2.75, 3.05) is 31.1 Å². The average Bonchev–Trinajstić information content (AvgIpc) is 3.08. The van der Waals surface area contributed by atoms with Crippen LogP contribution >= 0.6 is 11.6 Å². The number of aryl methyl sites for hydroxylation is 2. The normalized spacial score (nSPS) is 14.3. The summed E-state index contributed by atoms with van der Waals surface area (Å²) in [6, 6.07) is 13.4. The summed E-state index contributed by atoms with van der Waals surface area (Å²) in [7, 11) is 0. The molecule has 1 fully saturated rings. The number of anilines is 1. The van der Waals surface area contributed by atoms with Crippen molar-refractivity contribution in [1.29, 1.82) is 0 Å². The maximum atomic E-state index is 12.6. The van der Waals surface area contributed by atoms with Crippen molar-refractivity contribution >= 4 is 23.3 Å². The number of halogens is 1. The van der Waals surface area contributed by atoms with Gasteiger partial charge in [0, 0.05) is 36.9 Å². The van der Waals surface area contributed by atoms with Crippen LogP contribution in [0.1, 0.15) is 17.0 Å². The Balaban J connectivity index is 1.36. The van der Waals surface area contributed by atoms with Crippen LogP contribution in [0.4, 0.5) is 5.82 Å². The van der Waals surface area contributed by atoms with Gasteiger partial charge in [-0.1, -0.05) is 29.8 Å². The molecule has 2 aromatic heterocycles. The Hall–Kier alpha value is -2.93. The molecule has 0 spiro atoms. The first kappa shape index (κ1) is 19.4. The first-order valence-electron chi connectivity index (χ1n) is 9.65. The summed E-state index contributed by atoms with van der Waals surface area (Å²) in [6.45, 7) is 6.71. The standard InChI is InChI=1S/C21H23ClN6O/c1-15-13-16(2)28(25-15)20-8-7-19(23-24-20)26-9-11-27(12-10-26)21(29)14-17-5-3-4-6-18(17)22/h3-8,13H,9-12,14H2,1-2H3. The van der Waals surface area contributed by atoms with Crippen molar-refractivity contribution in [3.63, 3.8) is 0 Å². The highest BCUT2D eigenvalue weighted by molar-refractivity contribution is 6.31. The highest BCUT2D eigenvalue weighted by Crippen LogP contribution is 2.18. The van der Waals surface area contributed by atoms with Crippen LogP contribution in [0, 0.1) is 13.8 Å². The Bertz CT molecular complexity index is 1010. The summed E-state index contributed by atoms with van der Waals surface area (Å²) in [6.07, 6.45) is 0.330. The molecule has 0 N–H and O–H groups in total. The van der Waals surface area contributed by atoms with Gasteiger partial charge in [-0.15, -0.1) is 10.2 Å². The predicted molar refractivity (Wildman–Crippen MR) is 113 cm³/mol. The Labute approximate surface area is 174 Å². The van der Waals surface area contributed by atoms with E-state index in [9.17, 15) is 4.79 Å². The summed E-state index contributed by atoms with van der Waals surface area (Å²) in [4.78, 5) is 16.6. The molecule has 1 aliphatic rings. The highest BCUT2D eigenvalue weighted by atomic mass is 35.5. The second-order valence-electron chi connectivity index (χ2n) is 7.22. The minimum Gasteiger partial charge on any atom is -0.352 e. The molecule has 4 rings (SSSR count). The highest BCUT2D eigenvalue weighted by Gasteiger charge is 2.22. The van der Waals surface area contributed by atoms with Crippen molar-refractivity contribution in [3.8, 4) is 5.82 Å². The van der Waals surface area contributed by atoms with Crippen LogP contribution in [0.2, 0.25) is 5.02 Å². The largest absolute Gasteiger partial charge is 0.352 e. The van der Waals surface area contributed by atoms with Crippen molar-refractivity contribution < 1.29 is 4.79 Å². The number of carbonyl (C=O) groups is 1. The Morgan fingerprint density at radius 2 is 1.69 bits per heavy atom. The molecule has 29 heavy (non-hydrogen) atoms. The van der Waals surface area contributed by atoms with E-state index >= 15 is 0 Å². The van der Waals surface area contributed by atoms with E-state index in [2.05, 4.69) is 20.2 Å². The molecule has 1 aliphatic heterocycles. The third kappa shape index (κ3) is 4.24. The van der Waals surface area contributed by atoms with E-state index in [0.717, 1.165) is 35.9 Å². The fourth-order valence-corrected chi connectivity index (χ4v) is 3.76. The van der Waals surface area contributed by atoms with Gasteiger partial charge in [-0.3, -0.25) is 4.79 Å². The topological polar surface area (TPSA) is 67.2 Å². The zero-order valence-corrected chi connectivity index (χ0v) is 17.3. The number of rotatable bonds is 4. The lowest BCUT2D eigenvalue weighted by Gasteiger charge is -2.35. The maximum absolute atomic E-state index is 12.6. The zero-order valence-electron chi connectivity index (χ0n) is 16.5. The van der Waals surface area contributed by atoms with E-state index in [1.165, 1.54) is 0 Å². The Morgan fingerprint density at radius 3 is 2.31 bits per heavy atom. The van der Waals surface area contributed by atoms with Crippen LogP contribution < -0.4 is 4.90 Å². The minimum absolute atomic E-state index is 0.101. The lowest BCUT2D eigenvalue weighted by atomic mass is 10.1. The zero-order chi connectivity index (χ0) is 20.4. The van der Waals surface area contributed by atoms with Gasteiger partial charge >= 0.3 is 0 Å². The second kappa shape index (κ2) is 8.21. The van der Waals surface area contributed by atoms with Crippen molar-refractivity contribution in [2.45, 2.75) is 20.3 Å². The number of hydrogen-bond donors (Lipinski definition) is 0. The van der Waals surface area contributed by atoms with E-state index in [-0.39, 0.29) is 5.91 Å². The molecule has 0 unspecified atom stereocenters. The number of benzene rings is 1. The molecule has 3 heterocycles. The molecule has 1 amide bonds. The molecule has 3 aromatic rings. The number of carbonyl (C=O) groups excluding carboxylic acids is 1. The number of nitrogens with zero attached hydrogens (tertiary/aromatic N) is 6. The summed E-state index contributed by atoms with van der Waals surface area (Å²) in [5.74, 6) is 1.62. The number of amides is 1. The monoisotopic (exact) mass is 410 g/mol. The predicted octanol–water partition coefficient (Wildman–Crippen LogP) is 2.82. The van der Waals surface area contributed by atoms with Gasteiger partial charge in [0.2, 0.25) is 5.91 Å². The molecule has 1 aromatic carbocycles. The quantitative estimate of drug-likeness (QED) is 0.661. The minimum atomic E-state index is 0.101. The molecule has 7 nitrogen and oxygen atoms in total. The van der Waals surface area contributed by atoms with Crippen molar-refractivity contribution in [2.24, 2.45) is 0 Å². The molecule has 150 valence electrons. The van der Waals surface area contributed by atoms with Crippen LogP contribution in [0.15, 0.2) is 42.5 Å². The van der Waals surface area contributed by atoms with Crippen LogP contribution in [-0.2, 0) is 11.2 Å². The maximum Gasteiger partial charge on any atom is 0.227 e. The molecule has 0 aliphatic carbocycles. The Morgan fingerprint density at radius 1 is 1.00 bits per heavy atom. The lowest BCUT2D eigenvalue weighted by molar-refractivity contribution is -0.130. The van der Waals surface area contributed by atoms with Crippen molar-refractivity contribution in [1.82, 2.24) is 24.9 Å². The van der Waals surface area contributed by atoms with Gasteiger partial charge in [0.1, 0.15) is 0 Å². The van der Waals surface area contributed by atoms with Crippen LogP contribution in [0.25, 0.3) is 5.82 Å². The SMILES string of the molecule is Cc1cc(C)n(-c2ccc(N3CCN(C(=O)Cc4ccccc4Cl)CC3)nn2)n1. The van der Waals surface area contributed by atoms with Crippen LogP contribution in [-0.4, -0.2) is 57.0 Å². The smallest absolute Gasteiger partial charge is 0.227 e. The first-order chi connectivity index (χ1) is 14.0. The number of aromatic nitrogens is 4. The van der Waals surface area contributed by atoms with E-state index in [4.69, 9.17) is 11.6 Å². The van der Waals surface area contributed by atoms with Gasteiger partial charge in [0.15, 0.2) is 11.6 Å². The molecule has 0 radical (unpaired) electrons. The molecule has 0 saturated carbocycles.